The third-order valence-electron chi connectivity index (χ3n) is 1.24. The lowest BCUT2D eigenvalue weighted by Crippen LogP contribution is -2.39. The molecule has 0 aliphatic rings. The Hall–Kier alpha value is -0.730. The number of unbranched alkanes of at least 4 members (excludes halogenated alkanes) is 1. The molecule has 0 fully saturated rings. The molecule has 0 rings (SSSR count). The molecule has 2 amide bonds. The van der Waals surface area contributed by atoms with Crippen molar-refractivity contribution in [2.24, 2.45) is 0 Å². The van der Waals surface area contributed by atoms with Gasteiger partial charge in [-0.3, -0.25) is 0 Å². The second-order valence-electron chi connectivity index (χ2n) is 2.91. The van der Waals surface area contributed by atoms with Gasteiger partial charge in [-0.1, -0.05) is 13.3 Å². The number of amides is 2. The van der Waals surface area contributed by atoms with Gasteiger partial charge in [-0.25, -0.2) is 4.79 Å². The van der Waals surface area contributed by atoms with Gasteiger partial charge >= 0.3 is 6.03 Å². The molecule has 0 atom stereocenters. The molecule has 0 saturated heterocycles. The van der Waals surface area contributed by atoms with Crippen molar-refractivity contribution in [2.45, 2.75) is 39.7 Å². The average Bonchev–Trinajstić information content (AvgIpc) is 1.86. The Labute approximate surface area is 68.6 Å². The van der Waals surface area contributed by atoms with E-state index < -0.39 is 0 Å². The molecular weight excluding hydrogens is 140 g/mol. The SMILES string of the molecule is CCCCNC(=O)NC(C)C. The van der Waals surface area contributed by atoms with Crippen LogP contribution in [0.25, 0.3) is 0 Å². The first-order chi connectivity index (χ1) is 5.16. The van der Waals surface area contributed by atoms with Gasteiger partial charge in [-0.05, 0) is 20.3 Å². The van der Waals surface area contributed by atoms with Crippen molar-refractivity contribution in [3.05, 3.63) is 0 Å². The molecule has 3 heteroatoms. The van der Waals surface area contributed by atoms with E-state index in [0.29, 0.717) is 0 Å². The summed E-state index contributed by atoms with van der Waals surface area (Å²) in [6.45, 7) is 6.76. The summed E-state index contributed by atoms with van der Waals surface area (Å²) in [6.07, 6.45) is 2.16. The molecule has 3 nitrogen and oxygen atoms in total. The smallest absolute Gasteiger partial charge is 0.314 e. The topological polar surface area (TPSA) is 41.1 Å². The highest BCUT2D eigenvalue weighted by atomic mass is 16.2. The second kappa shape index (κ2) is 6.01. The van der Waals surface area contributed by atoms with Gasteiger partial charge in [0, 0.05) is 12.6 Å². The molecule has 11 heavy (non-hydrogen) atoms. The van der Waals surface area contributed by atoms with Gasteiger partial charge in [0.25, 0.3) is 0 Å². The van der Waals surface area contributed by atoms with Crippen LogP contribution < -0.4 is 10.6 Å². The van der Waals surface area contributed by atoms with Crippen LogP contribution in [0.3, 0.4) is 0 Å². The van der Waals surface area contributed by atoms with E-state index in [1.807, 2.05) is 13.8 Å². The van der Waals surface area contributed by atoms with Crippen molar-refractivity contribution in [2.75, 3.05) is 6.54 Å². The second-order valence-corrected chi connectivity index (χ2v) is 2.91. The Morgan fingerprint density at radius 1 is 1.45 bits per heavy atom. The first kappa shape index (κ1) is 10.3. The van der Waals surface area contributed by atoms with E-state index >= 15 is 0 Å². The Morgan fingerprint density at radius 3 is 2.55 bits per heavy atom. The van der Waals surface area contributed by atoms with E-state index in [9.17, 15) is 4.79 Å². The molecule has 0 aromatic heterocycles. The summed E-state index contributed by atoms with van der Waals surface area (Å²) in [5.41, 5.74) is 0. The highest BCUT2D eigenvalue weighted by Crippen LogP contribution is 1.82. The standard InChI is InChI=1S/C8H18N2O/c1-4-5-6-9-8(11)10-7(2)3/h7H,4-6H2,1-3H3,(H2,9,10,11). The van der Waals surface area contributed by atoms with Crippen molar-refractivity contribution in [3.63, 3.8) is 0 Å². The fourth-order valence-electron chi connectivity index (χ4n) is 0.692. The van der Waals surface area contributed by atoms with Crippen LogP contribution >= 0.6 is 0 Å². The van der Waals surface area contributed by atoms with E-state index in [0.717, 1.165) is 19.4 Å². The van der Waals surface area contributed by atoms with Gasteiger partial charge in [0.05, 0.1) is 0 Å². The van der Waals surface area contributed by atoms with Crippen molar-refractivity contribution in [1.82, 2.24) is 10.6 Å². The lowest BCUT2D eigenvalue weighted by Gasteiger charge is -2.08. The minimum Gasteiger partial charge on any atom is -0.338 e. The van der Waals surface area contributed by atoms with Gasteiger partial charge in [0.1, 0.15) is 0 Å². The van der Waals surface area contributed by atoms with E-state index in [2.05, 4.69) is 17.6 Å². The summed E-state index contributed by atoms with van der Waals surface area (Å²) in [7, 11) is 0. The number of urea groups is 1. The van der Waals surface area contributed by atoms with Crippen LogP contribution in [0.2, 0.25) is 0 Å². The van der Waals surface area contributed by atoms with E-state index in [1.165, 1.54) is 0 Å². The zero-order valence-electron chi connectivity index (χ0n) is 7.61. The summed E-state index contributed by atoms with van der Waals surface area (Å²) in [4.78, 5) is 10.9. The zero-order chi connectivity index (χ0) is 8.69. The molecule has 0 unspecified atom stereocenters. The van der Waals surface area contributed by atoms with Crippen molar-refractivity contribution in [3.8, 4) is 0 Å². The van der Waals surface area contributed by atoms with Gasteiger partial charge in [-0.2, -0.15) is 0 Å². The lowest BCUT2D eigenvalue weighted by molar-refractivity contribution is 0.238. The molecule has 0 spiro atoms. The van der Waals surface area contributed by atoms with Crippen molar-refractivity contribution in [1.29, 1.82) is 0 Å². The molecule has 0 saturated carbocycles. The maximum Gasteiger partial charge on any atom is 0.314 e. The van der Waals surface area contributed by atoms with E-state index in [1.54, 1.807) is 0 Å². The first-order valence-electron chi connectivity index (χ1n) is 4.21. The van der Waals surface area contributed by atoms with Crippen molar-refractivity contribution >= 4 is 6.03 Å². The molecule has 0 aromatic carbocycles. The molecule has 0 aliphatic carbocycles. The van der Waals surface area contributed by atoms with Crippen LogP contribution in [0.5, 0.6) is 0 Å². The summed E-state index contributed by atoms with van der Waals surface area (Å²) in [5, 5.41) is 5.52. The van der Waals surface area contributed by atoms with Gasteiger partial charge in [0.15, 0.2) is 0 Å². The van der Waals surface area contributed by atoms with Crippen LogP contribution in [-0.4, -0.2) is 18.6 Å². The molecule has 2 N–H and O–H groups in total. The zero-order valence-corrected chi connectivity index (χ0v) is 7.61. The Bertz CT molecular complexity index is 113. The Morgan fingerprint density at radius 2 is 2.09 bits per heavy atom. The van der Waals surface area contributed by atoms with Crippen LogP contribution in [0.15, 0.2) is 0 Å². The maximum absolute atomic E-state index is 10.9. The normalized spacial score (nSPS) is 9.82. The highest BCUT2D eigenvalue weighted by Gasteiger charge is 1.99. The van der Waals surface area contributed by atoms with E-state index in [-0.39, 0.29) is 12.1 Å². The third kappa shape index (κ3) is 7.16. The highest BCUT2D eigenvalue weighted by molar-refractivity contribution is 5.73. The van der Waals surface area contributed by atoms with Crippen LogP contribution in [0.1, 0.15) is 33.6 Å². The molecular formula is C8H18N2O. The summed E-state index contributed by atoms with van der Waals surface area (Å²) < 4.78 is 0. The molecule has 66 valence electrons. The summed E-state index contributed by atoms with van der Waals surface area (Å²) >= 11 is 0. The Kier molecular flexibility index (Phi) is 5.61. The molecule has 0 bridgehead atoms. The largest absolute Gasteiger partial charge is 0.338 e. The number of rotatable bonds is 4. The fourth-order valence-corrected chi connectivity index (χ4v) is 0.692. The third-order valence-corrected chi connectivity index (χ3v) is 1.24. The number of carbonyl (C=O) groups excluding carboxylic acids is 1. The minimum absolute atomic E-state index is 0.0616. The van der Waals surface area contributed by atoms with Gasteiger partial charge < -0.3 is 10.6 Å². The number of hydrogen-bond donors (Lipinski definition) is 2. The summed E-state index contributed by atoms with van der Waals surface area (Å²) in [5.74, 6) is 0. The monoisotopic (exact) mass is 158 g/mol. The first-order valence-corrected chi connectivity index (χ1v) is 4.21. The average molecular weight is 158 g/mol. The minimum atomic E-state index is -0.0616. The molecule has 0 aromatic rings. The predicted molar refractivity (Wildman–Crippen MR) is 46.6 cm³/mol. The number of nitrogens with one attached hydrogen (secondary N) is 2. The van der Waals surface area contributed by atoms with Crippen molar-refractivity contribution < 1.29 is 4.79 Å². The lowest BCUT2D eigenvalue weighted by atomic mass is 10.3. The molecule has 0 heterocycles. The molecule has 0 aliphatic heterocycles. The quantitative estimate of drug-likeness (QED) is 0.598. The fraction of sp³-hybridized carbons (Fsp3) is 0.875. The van der Waals surface area contributed by atoms with Gasteiger partial charge in [-0.15, -0.1) is 0 Å². The van der Waals surface area contributed by atoms with Gasteiger partial charge in [0.2, 0.25) is 0 Å². The maximum atomic E-state index is 10.9. The summed E-state index contributed by atoms with van der Waals surface area (Å²) in [6, 6.07) is 0.157. The van der Waals surface area contributed by atoms with Crippen LogP contribution in [-0.2, 0) is 0 Å². The van der Waals surface area contributed by atoms with Crippen LogP contribution in [0, 0.1) is 0 Å². The van der Waals surface area contributed by atoms with E-state index in [4.69, 9.17) is 0 Å². The molecule has 0 radical (unpaired) electrons. The Balaban J connectivity index is 3.23. The number of hydrogen-bond acceptors (Lipinski definition) is 1. The van der Waals surface area contributed by atoms with Crippen LogP contribution in [0.4, 0.5) is 4.79 Å². The predicted octanol–water partition coefficient (Wildman–Crippen LogP) is 1.49. The number of carbonyl (C=O) groups is 1.